The molecule has 2 fully saturated rings. The van der Waals surface area contributed by atoms with Crippen molar-refractivity contribution in [1.82, 2.24) is 4.90 Å². The van der Waals surface area contributed by atoms with Crippen LogP contribution in [0.25, 0.3) is 0 Å². The quantitative estimate of drug-likeness (QED) is 0.743. The Kier molecular flexibility index (Phi) is 3.82. The Balaban J connectivity index is 1.76. The zero-order valence-corrected chi connectivity index (χ0v) is 10.9. The van der Waals surface area contributed by atoms with Crippen LogP contribution in [0.1, 0.15) is 32.1 Å². The average Bonchev–Trinajstić information content (AvgIpc) is 2.98. The lowest BCUT2D eigenvalue weighted by atomic mass is 9.99. The smallest absolute Gasteiger partial charge is 0.0733 e. The number of hydrogen-bond acceptors (Lipinski definition) is 3. The van der Waals surface area contributed by atoms with Crippen LogP contribution in [0.5, 0.6) is 0 Å². The third-order valence-electron chi connectivity index (χ3n) is 3.93. The summed E-state index contributed by atoms with van der Waals surface area (Å²) in [5.41, 5.74) is 6.10. The molecular formula is C12H22N2OS. The van der Waals surface area contributed by atoms with Gasteiger partial charge in [0.1, 0.15) is 0 Å². The Bertz CT molecular complexity index is 258. The van der Waals surface area contributed by atoms with Crippen LogP contribution in [-0.2, 0) is 4.74 Å². The van der Waals surface area contributed by atoms with E-state index in [-0.39, 0.29) is 0 Å². The molecule has 92 valence electrons. The van der Waals surface area contributed by atoms with E-state index in [0.717, 1.165) is 19.5 Å². The van der Waals surface area contributed by atoms with Gasteiger partial charge in [-0.15, -0.1) is 0 Å². The Morgan fingerprint density at radius 1 is 1.44 bits per heavy atom. The van der Waals surface area contributed by atoms with E-state index < -0.39 is 0 Å². The number of thiocarbonyl (C=S) groups is 1. The molecule has 16 heavy (non-hydrogen) atoms. The van der Waals surface area contributed by atoms with Crippen molar-refractivity contribution in [3.05, 3.63) is 0 Å². The molecule has 0 amide bonds. The standard InChI is InChI=1S/C12H22N2OS/c1-15-10-2-6-14(7-3-10)9-12(4-5-12)8-11(13)16/h10H,2-9H2,1H3,(H2,13,16). The molecule has 1 saturated heterocycles. The Hall–Kier alpha value is -0.190. The topological polar surface area (TPSA) is 38.5 Å². The molecule has 1 aliphatic heterocycles. The number of nitrogens with zero attached hydrogens (tertiary/aromatic N) is 1. The minimum atomic E-state index is 0.436. The number of hydrogen-bond donors (Lipinski definition) is 1. The average molecular weight is 242 g/mol. The predicted octanol–water partition coefficient (Wildman–Crippen LogP) is 1.55. The second-order valence-corrected chi connectivity index (χ2v) is 5.88. The summed E-state index contributed by atoms with van der Waals surface area (Å²) >= 11 is 5.03. The molecule has 0 aromatic rings. The highest BCUT2D eigenvalue weighted by atomic mass is 32.1. The maximum absolute atomic E-state index is 5.66. The van der Waals surface area contributed by atoms with Crippen molar-refractivity contribution in [2.45, 2.75) is 38.2 Å². The normalized spacial score (nSPS) is 25.6. The highest BCUT2D eigenvalue weighted by molar-refractivity contribution is 7.80. The third-order valence-corrected chi connectivity index (χ3v) is 4.08. The molecule has 2 aliphatic rings. The zero-order chi connectivity index (χ0) is 11.6. The summed E-state index contributed by atoms with van der Waals surface area (Å²) in [7, 11) is 1.82. The second-order valence-electron chi connectivity index (χ2n) is 5.35. The SMILES string of the molecule is COC1CCN(CC2(CC(N)=S)CC2)CC1. The fourth-order valence-electron chi connectivity index (χ4n) is 2.71. The number of piperidine rings is 1. The van der Waals surface area contributed by atoms with Crippen LogP contribution < -0.4 is 5.73 Å². The van der Waals surface area contributed by atoms with Crippen molar-refractivity contribution < 1.29 is 4.74 Å². The fraction of sp³-hybridized carbons (Fsp3) is 0.917. The van der Waals surface area contributed by atoms with Crippen LogP contribution >= 0.6 is 12.2 Å². The molecule has 1 heterocycles. The molecule has 0 radical (unpaired) electrons. The van der Waals surface area contributed by atoms with Gasteiger partial charge >= 0.3 is 0 Å². The molecule has 0 aromatic carbocycles. The van der Waals surface area contributed by atoms with E-state index in [9.17, 15) is 0 Å². The van der Waals surface area contributed by atoms with Crippen LogP contribution in [0.3, 0.4) is 0 Å². The van der Waals surface area contributed by atoms with E-state index in [1.165, 1.54) is 32.2 Å². The molecule has 1 aliphatic carbocycles. The Morgan fingerprint density at radius 3 is 2.50 bits per heavy atom. The maximum Gasteiger partial charge on any atom is 0.0733 e. The summed E-state index contributed by atoms with van der Waals surface area (Å²) in [4.78, 5) is 3.24. The lowest BCUT2D eigenvalue weighted by Gasteiger charge is -2.33. The van der Waals surface area contributed by atoms with Crippen LogP contribution in [0.15, 0.2) is 0 Å². The zero-order valence-electron chi connectivity index (χ0n) is 10.1. The third kappa shape index (κ3) is 3.15. The van der Waals surface area contributed by atoms with Gasteiger partial charge in [0.2, 0.25) is 0 Å². The van der Waals surface area contributed by atoms with Crippen molar-refractivity contribution >= 4 is 17.2 Å². The molecule has 2 rings (SSSR count). The monoisotopic (exact) mass is 242 g/mol. The Morgan fingerprint density at radius 2 is 2.06 bits per heavy atom. The minimum Gasteiger partial charge on any atom is -0.393 e. The first-order valence-electron chi connectivity index (χ1n) is 6.17. The van der Waals surface area contributed by atoms with Crippen LogP contribution in [0, 0.1) is 5.41 Å². The number of methoxy groups -OCH3 is 1. The summed E-state index contributed by atoms with van der Waals surface area (Å²) in [5, 5.41) is 0. The van der Waals surface area contributed by atoms with Gasteiger partial charge in [-0.1, -0.05) is 12.2 Å². The molecule has 0 atom stereocenters. The predicted molar refractivity (Wildman–Crippen MR) is 69.5 cm³/mol. The first kappa shape index (κ1) is 12.3. The highest BCUT2D eigenvalue weighted by Gasteiger charge is 2.44. The van der Waals surface area contributed by atoms with E-state index in [1.54, 1.807) is 0 Å². The molecular weight excluding hydrogens is 220 g/mol. The molecule has 0 spiro atoms. The van der Waals surface area contributed by atoms with Gasteiger partial charge in [0.25, 0.3) is 0 Å². The van der Waals surface area contributed by atoms with Crippen LogP contribution in [0.4, 0.5) is 0 Å². The molecule has 0 aromatic heterocycles. The van der Waals surface area contributed by atoms with Gasteiger partial charge in [-0.3, -0.25) is 0 Å². The van der Waals surface area contributed by atoms with E-state index in [2.05, 4.69) is 4.90 Å². The van der Waals surface area contributed by atoms with Crippen molar-refractivity contribution in [2.24, 2.45) is 11.1 Å². The van der Waals surface area contributed by atoms with Crippen molar-refractivity contribution in [3.8, 4) is 0 Å². The molecule has 1 saturated carbocycles. The van der Waals surface area contributed by atoms with Gasteiger partial charge in [-0.2, -0.15) is 0 Å². The number of rotatable bonds is 5. The number of likely N-dealkylation sites (tertiary alicyclic amines) is 1. The van der Waals surface area contributed by atoms with Gasteiger partial charge in [-0.05, 0) is 31.1 Å². The summed E-state index contributed by atoms with van der Waals surface area (Å²) < 4.78 is 5.38. The van der Waals surface area contributed by atoms with Crippen molar-refractivity contribution in [3.63, 3.8) is 0 Å². The second kappa shape index (κ2) is 4.98. The summed E-state index contributed by atoms with van der Waals surface area (Å²) in [6.07, 6.45) is 6.34. The van der Waals surface area contributed by atoms with Gasteiger partial charge < -0.3 is 15.4 Å². The van der Waals surface area contributed by atoms with E-state index in [1.807, 2.05) is 7.11 Å². The summed E-state index contributed by atoms with van der Waals surface area (Å²) in [5.74, 6) is 0. The van der Waals surface area contributed by atoms with Crippen LogP contribution in [-0.4, -0.2) is 42.7 Å². The van der Waals surface area contributed by atoms with E-state index in [0.29, 0.717) is 16.5 Å². The molecule has 4 heteroatoms. The Labute approximate surface area is 103 Å². The minimum absolute atomic E-state index is 0.436. The number of nitrogens with two attached hydrogens (primary N) is 1. The maximum atomic E-state index is 5.66. The van der Waals surface area contributed by atoms with E-state index >= 15 is 0 Å². The first-order valence-corrected chi connectivity index (χ1v) is 6.58. The van der Waals surface area contributed by atoms with E-state index in [4.69, 9.17) is 22.7 Å². The van der Waals surface area contributed by atoms with Crippen molar-refractivity contribution in [1.29, 1.82) is 0 Å². The van der Waals surface area contributed by atoms with Gasteiger partial charge in [0.05, 0.1) is 11.1 Å². The first-order chi connectivity index (χ1) is 7.63. The lowest BCUT2D eigenvalue weighted by Crippen LogP contribution is -2.40. The fourth-order valence-corrected chi connectivity index (χ4v) is 3.02. The summed E-state index contributed by atoms with van der Waals surface area (Å²) in [6.45, 7) is 3.51. The van der Waals surface area contributed by atoms with Crippen molar-refractivity contribution in [2.75, 3.05) is 26.7 Å². The highest BCUT2D eigenvalue weighted by Crippen LogP contribution is 2.49. The lowest BCUT2D eigenvalue weighted by molar-refractivity contribution is 0.0354. The molecule has 2 N–H and O–H groups in total. The van der Waals surface area contributed by atoms with Gasteiger partial charge in [0.15, 0.2) is 0 Å². The molecule has 3 nitrogen and oxygen atoms in total. The molecule has 0 bridgehead atoms. The summed E-state index contributed by atoms with van der Waals surface area (Å²) in [6, 6.07) is 0. The van der Waals surface area contributed by atoms with Crippen LogP contribution in [0.2, 0.25) is 0 Å². The van der Waals surface area contributed by atoms with Gasteiger partial charge in [-0.25, -0.2) is 0 Å². The van der Waals surface area contributed by atoms with Gasteiger partial charge in [0, 0.05) is 33.2 Å². The number of ether oxygens (including phenoxy) is 1. The molecule has 0 unspecified atom stereocenters. The largest absolute Gasteiger partial charge is 0.393 e.